The van der Waals surface area contributed by atoms with Crippen LogP contribution in [0, 0.1) is 17.1 Å². The molecule has 1 N–H and O–H groups in total. The Bertz CT molecular complexity index is 813. The molecule has 3 aromatic rings. The highest BCUT2D eigenvalue weighted by Crippen LogP contribution is 2.27. The van der Waals surface area contributed by atoms with E-state index in [4.69, 9.17) is 5.26 Å². The largest absolute Gasteiger partial charge is 0.353 e. The van der Waals surface area contributed by atoms with E-state index < -0.39 is 5.82 Å². The fraction of sp³-hybridized carbons (Fsp3) is 0. The van der Waals surface area contributed by atoms with Crippen LogP contribution in [0.2, 0.25) is 0 Å². The fourth-order valence-electron chi connectivity index (χ4n) is 2.17. The first kappa shape index (κ1) is 12.2. The van der Waals surface area contributed by atoms with Crippen molar-refractivity contribution in [2.45, 2.75) is 0 Å². The number of nitrogens with zero attached hydrogens (tertiary/aromatic N) is 1. The number of benzene rings is 3. The zero-order valence-corrected chi connectivity index (χ0v) is 10.6. The summed E-state index contributed by atoms with van der Waals surface area (Å²) < 4.78 is 13.9. The van der Waals surface area contributed by atoms with Crippen LogP contribution in [0.1, 0.15) is 5.56 Å². The predicted molar refractivity (Wildman–Crippen MR) is 78.3 cm³/mol. The van der Waals surface area contributed by atoms with Gasteiger partial charge in [0, 0.05) is 11.1 Å². The highest BCUT2D eigenvalue weighted by Gasteiger charge is 2.06. The Morgan fingerprint density at radius 3 is 2.50 bits per heavy atom. The van der Waals surface area contributed by atoms with E-state index in [0.717, 1.165) is 16.5 Å². The van der Waals surface area contributed by atoms with E-state index in [0.29, 0.717) is 11.3 Å². The van der Waals surface area contributed by atoms with Gasteiger partial charge >= 0.3 is 0 Å². The lowest BCUT2D eigenvalue weighted by molar-refractivity contribution is 0.631. The van der Waals surface area contributed by atoms with Crippen molar-refractivity contribution in [2.75, 3.05) is 5.32 Å². The SMILES string of the molecule is N#Cc1ccc(Nc2cccc3ccccc23)c(F)c1. The summed E-state index contributed by atoms with van der Waals surface area (Å²) in [6.45, 7) is 0. The number of nitriles is 1. The average molecular weight is 262 g/mol. The third-order valence-corrected chi connectivity index (χ3v) is 3.16. The number of nitrogens with one attached hydrogen (secondary N) is 1. The monoisotopic (exact) mass is 262 g/mol. The number of anilines is 2. The van der Waals surface area contributed by atoms with E-state index in [1.165, 1.54) is 6.07 Å². The van der Waals surface area contributed by atoms with Gasteiger partial charge in [-0.05, 0) is 29.7 Å². The summed E-state index contributed by atoms with van der Waals surface area (Å²) in [6, 6.07) is 20.1. The molecule has 2 nitrogen and oxygen atoms in total. The van der Waals surface area contributed by atoms with E-state index in [2.05, 4.69) is 5.32 Å². The molecule has 0 saturated carbocycles. The van der Waals surface area contributed by atoms with Gasteiger partial charge in [0.05, 0.1) is 17.3 Å². The molecule has 0 amide bonds. The van der Waals surface area contributed by atoms with Gasteiger partial charge < -0.3 is 5.32 Å². The topological polar surface area (TPSA) is 35.8 Å². The van der Waals surface area contributed by atoms with Crippen LogP contribution >= 0.6 is 0 Å². The molecule has 0 heterocycles. The van der Waals surface area contributed by atoms with Gasteiger partial charge in [-0.15, -0.1) is 0 Å². The summed E-state index contributed by atoms with van der Waals surface area (Å²) in [5.41, 5.74) is 1.51. The van der Waals surface area contributed by atoms with Gasteiger partial charge in [-0.2, -0.15) is 5.26 Å². The van der Waals surface area contributed by atoms with E-state index in [1.54, 1.807) is 12.1 Å². The normalized spacial score (nSPS) is 10.2. The Labute approximate surface area is 116 Å². The minimum atomic E-state index is -0.433. The van der Waals surface area contributed by atoms with Crippen LogP contribution in [0.5, 0.6) is 0 Å². The summed E-state index contributed by atoms with van der Waals surface area (Å²) >= 11 is 0. The predicted octanol–water partition coefficient (Wildman–Crippen LogP) is 4.59. The molecular formula is C17H11FN2. The highest BCUT2D eigenvalue weighted by atomic mass is 19.1. The lowest BCUT2D eigenvalue weighted by Gasteiger charge is -2.10. The Morgan fingerprint density at radius 1 is 0.900 bits per heavy atom. The van der Waals surface area contributed by atoms with Crippen LogP contribution in [0.4, 0.5) is 15.8 Å². The number of halogens is 1. The molecule has 20 heavy (non-hydrogen) atoms. The van der Waals surface area contributed by atoms with Crippen molar-refractivity contribution in [3.63, 3.8) is 0 Å². The second-order valence-corrected chi connectivity index (χ2v) is 4.46. The third kappa shape index (κ3) is 2.19. The average Bonchev–Trinajstić information content (AvgIpc) is 2.49. The molecule has 0 saturated heterocycles. The minimum Gasteiger partial charge on any atom is -0.353 e. The second-order valence-electron chi connectivity index (χ2n) is 4.46. The summed E-state index contributed by atoms with van der Waals surface area (Å²) in [7, 11) is 0. The van der Waals surface area contributed by atoms with Crippen molar-refractivity contribution in [3.8, 4) is 6.07 Å². The minimum absolute atomic E-state index is 0.311. The molecule has 3 aromatic carbocycles. The van der Waals surface area contributed by atoms with Gasteiger partial charge in [-0.1, -0.05) is 36.4 Å². The maximum atomic E-state index is 13.9. The number of hydrogen-bond acceptors (Lipinski definition) is 2. The first-order valence-corrected chi connectivity index (χ1v) is 6.22. The molecule has 0 aliphatic heterocycles. The molecule has 0 bridgehead atoms. The van der Waals surface area contributed by atoms with E-state index in [-0.39, 0.29) is 0 Å². The maximum Gasteiger partial charge on any atom is 0.147 e. The van der Waals surface area contributed by atoms with Crippen molar-refractivity contribution >= 4 is 22.1 Å². The Morgan fingerprint density at radius 2 is 1.70 bits per heavy atom. The fourth-order valence-corrected chi connectivity index (χ4v) is 2.17. The molecule has 0 aliphatic carbocycles. The zero-order chi connectivity index (χ0) is 13.9. The molecule has 0 spiro atoms. The van der Waals surface area contributed by atoms with Crippen molar-refractivity contribution in [3.05, 3.63) is 72.0 Å². The lowest BCUT2D eigenvalue weighted by Crippen LogP contribution is -1.95. The van der Waals surface area contributed by atoms with Gasteiger partial charge in [0.1, 0.15) is 5.82 Å². The molecule has 96 valence electrons. The molecular weight excluding hydrogens is 251 g/mol. The van der Waals surface area contributed by atoms with Crippen molar-refractivity contribution < 1.29 is 4.39 Å². The standard InChI is InChI=1S/C17H11FN2/c18-15-10-12(11-19)8-9-17(15)20-16-7-3-5-13-4-1-2-6-14(13)16/h1-10,20H. The van der Waals surface area contributed by atoms with Crippen molar-refractivity contribution in [2.24, 2.45) is 0 Å². The van der Waals surface area contributed by atoms with Gasteiger partial charge in [-0.3, -0.25) is 0 Å². The second kappa shape index (κ2) is 5.02. The molecule has 0 aliphatic rings. The third-order valence-electron chi connectivity index (χ3n) is 3.16. The molecule has 0 unspecified atom stereocenters. The van der Waals surface area contributed by atoms with E-state index in [9.17, 15) is 4.39 Å². The van der Waals surface area contributed by atoms with Gasteiger partial charge in [0.25, 0.3) is 0 Å². The molecule has 0 atom stereocenters. The number of hydrogen-bond donors (Lipinski definition) is 1. The molecule has 0 aromatic heterocycles. The zero-order valence-electron chi connectivity index (χ0n) is 10.6. The molecule has 3 heteroatoms. The lowest BCUT2D eigenvalue weighted by atomic mass is 10.1. The summed E-state index contributed by atoms with van der Waals surface area (Å²) in [5.74, 6) is -0.433. The summed E-state index contributed by atoms with van der Waals surface area (Å²) in [4.78, 5) is 0. The molecule has 0 radical (unpaired) electrons. The van der Waals surface area contributed by atoms with Gasteiger partial charge in [0.2, 0.25) is 0 Å². The quantitative estimate of drug-likeness (QED) is 0.733. The van der Waals surface area contributed by atoms with Gasteiger partial charge in [0.15, 0.2) is 0 Å². The highest BCUT2D eigenvalue weighted by molar-refractivity contribution is 5.95. The van der Waals surface area contributed by atoms with Crippen LogP contribution in [0.3, 0.4) is 0 Å². The van der Waals surface area contributed by atoms with Crippen LogP contribution in [0.15, 0.2) is 60.7 Å². The van der Waals surface area contributed by atoms with Crippen LogP contribution in [-0.4, -0.2) is 0 Å². The van der Waals surface area contributed by atoms with Crippen LogP contribution < -0.4 is 5.32 Å². The Balaban J connectivity index is 2.04. The van der Waals surface area contributed by atoms with Crippen LogP contribution in [0.25, 0.3) is 10.8 Å². The van der Waals surface area contributed by atoms with Crippen LogP contribution in [-0.2, 0) is 0 Å². The molecule has 0 fully saturated rings. The maximum absolute atomic E-state index is 13.9. The van der Waals surface area contributed by atoms with E-state index >= 15 is 0 Å². The number of rotatable bonds is 2. The first-order chi connectivity index (χ1) is 9.78. The Kier molecular flexibility index (Phi) is 3.06. The molecule has 3 rings (SSSR count). The Hall–Kier alpha value is -2.86. The number of fused-ring (bicyclic) bond motifs is 1. The summed E-state index contributed by atoms with van der Waals surface area (Å²) in [6.07, 6.45) is 0. The van der Waals surface area contributed by atoms with Gasteiger partial charge in [-0.25, -0.2) is 4.39 Å². The first-order valence-electron chi connectivity index (χ1n) is 6.22. The van der Waals surface area contributed by atoms with Crippen molar-refractivity contribution in [1.29, 1.82) is 5.26 Å². The summed E-state index contributed by atoms with van der Waals surface area (Å²) in [5, 5.41) is 13.9. The smallest absolute Gasteiger partial charge is 0.147 e. The van der Waals surface area contributed by atoms with E-state index in [1.807, 2.05) is 48.5 Å². The van der Waals surface area contributed by atoms with Crippen molar-refractivity contribution in [1.82, 2.24) is 0 Å².